The maximum atomic E-state index is 5.40. The van der Waals surface area contributed by atoms with E-state index in [1.165, 1.54) is 25.7 Å². The lowest BCUT2D eigenvalue weighted by molar-refractivity contribution is 0.248. The van der Waals surface area contributed by atoms with Gasteiger partial charge in [0.15, 0.2) is 0 Å². The highest BCUT2D eigenvalue weighted by Gasteiger charge is 2.27. The fraction of sp³-hybridized carbons (Fsp3) is 1.00. The Labute approximate surface area is 91.4 Å². The van der Waals surface area contributed by atoms with Crippen LogP contribution in [0.5, 0.6) is 0 Å². The second-order valence-electron chi connectivity index (χ2n) is 3.40. The molecule has 0 rings (SSSR count). The van der Waals surface area contributed by atoms with Crippen LogP contribution < -0.4 is 0 Å². The Morgan fingerprint density at radius 3 is 2.00 bits per heavy atom. The first-order valence-corrected chi connectivity index (χ1v) is 8.49. The molecule has 0 aromatic heterocycles. The molecule has 2 nitrogen and oxygen atoms in total. The van der Waals surface area contributed by atoms with Crippen molar-refractivity contribution in [2.24, 2.45) is 0 Å². The van der Waals surface area contributed by atoms with E-state index >= 15 is 0 Å². The summed E-state index contributed by atoms with van der Waals surface area (Å²) in [6.45, 7) is 2.12. The van der Waals surface area contributed by atoms with Gasteiger partial charge in [-0.3, -0.25) is 0 Å². The van der Waals surface area contributed by atoms with Crippen molar-refractivity contribution in [3.63, 3.8) is 0 Å². The fourth-order valence-corrected chi connectivity index (χ4v) is 3.05. The van der Waals surface area contributed by atoms with Crippen LogP contribution in [0.2, 0.25) is 12.6 Å². The standard InChI is InChI=1S/C9H21BrO2Si/c1-11-13(3,12-2)9-7-5-4-6-8-10/h4-9H2,1-3H3. The normalized spacial score (nSPS) is 12.0. The third kappa shape index (κ3) is 6.66. The predicted octanol–water partition coefficient (Wildman–Crippen LogP) is 3.31. The lowest BCUT2D eigenvalue weighted by Gasteiger charge is -2.22. The lowest BCUT2D eigenvalue weighted by atomic mass is 10.2. The van der Waals surface area contributed by atoms with E-state index in [0.29, 0.717) is 0 Å². The molecule has 0 saturated carbocycles. The van der Waals surface area contributed by atoms with Gasteiger partial charge in [0.2, 0.25) is 0 Å². The lowest BCUT2D eigenvalue weighted by Crippen LogP contribution is -2.35. The number of unbranched alkanes of at least 4 members (excludes halogenated alkanes) is 3. The van der Waals surface area contributed by atoms with E-state index < -0.39 is 8.56 Å². The van der Waals surface area contributed by atoms with Crippen LogP contribution in [-0.4, -0.2) is 28.1 Å². The molecule has 80 valence electrons. The second-order valence-corrected chi connectivity index (χ2v) is 7.77. The fourth-order valence-electron chi connectivity index (χ4n) is 1.18. The van der Waals surface area contributed by atoms with Crippen LogP contribution in [0, 0.1) is 0 Å². The molecular formula is C9H21BrO2Si. The van der Waals surface area contributed by atoms with Gasteiger partial charge in [0, 0.05) is 19.5 Å². The summed E-state index contributed by atoms with van der Waals surface area (Å²) >= 11 is 3.43. The van der Waals surface area contributed by atoms with Crippen molar-refractivity contribution >= 4 is 24.5 Å². The summed E-state index contributed by atoms with van der Waals surface area (Å²) in [4.78, 5) is 0. The first-order valence-electron chi connectivity index (χ1n) is 4.85. The zero-order chi connectivity index (χ0) is 10.2. The van der Waals surface area contributed by atoms with E-state index in [1.54, 1.807) is 14.2 Å². The summed E-state index contributed by atoms with van der Waals surface area (Å²) in [5.41, 5.74) is 0. The molecule has 0 aromatic carbocycles. The van der Waals surface area contributed by atoms with Crippen molar-refractivity contribution in [1.82, 2.24) is 0 Å². The van der Waals surface area contributed by atoms with E-state index in [0.717, 1.165) is 11.4 Å². The maximum absolute atomic E-state index is 5.40. The summed E-state index contributed by atoms with van der Waals surface area (Å²) in [5, 5.41) is 1.12. The third-order valence-corrected chi connectivity index (χ3v) is 5.93. The molecule has 0 amide bonds. The quantitative estimate of drug-likeness (QED) is 0.382. The molecule has 0 unspecified atom stereocenters. The summed E-state index contributed by atoms with van der Waals surface area (Å²) in [6, 6.07) is 1.11. The molecule has 0 aromatic rings. The van der Waals surface area contributed by atoms with E-state index in [4.69, 9.17) is 8.85 Å². The molecule has 0 aliphatic rings. The van der Waals surface area contributed by atoms with Crippen LogP contribution in [0.15, 0.2) is 0 Å². The Balaban J connectivity index is 3.39. The van der Waals surface area contributed by atoms with Crippen LogP contribution in [0.4, 0.5) is 0 Å². The Bertz CT molecular complexity index is 118. The Morgan fingerprint density at radius 2 is 1.54 bits per heavy atom. The predicted molar refractivity (Wildman–Crippen MR) is 62.7 cm³/mol. The minimum atomic E-state index is -1.77. The summed E-state index contributed by atoms with van der Waals surface area (Å²) in [7, 11) is 1.75. The SMILES string of the molecule is CO[Si](C)(CCCCCCBr)OC. The van der Waals surface area contributed by atoms with Crippen LogP contribution in [0.1, 0.15) is 25.7 Å². The molecule has 13 heavy (non-hydrogen) atoms. The summed E-state index contributed by atoms with van der Waals surface area (Å²) in [5.74, 6) is 0. The number of rotatable bonds is 8. The molecule has 0 aliphatic heterocycles. The van der Waals surface area contributed by atoms with E-state index in [2.05, 4.69) is 22.5 Å². The van der Waals surface area contributed by atoms with Gasteiger partial charge in [-0.1, -0.05) is 35.2 Å². The monoisotopic (exact) mass is 268 g/mol. The zero-order valence-electron chi connectivity index (χ0n) is 8.94. The minimum Gasteiger partial charge on any atom is -0.398 e. The molecule has 0 fully saturated rings. The van der Waals surface area contributed by atoms with Gasteiger partial charge in [-0.15, -0.1) is 0 Å². The Hall–Kier alpha value is 0.617. The molecule has 0 atom stereocenters. The summed E-state index contributed by atoms with van der Waals surface area (Å²) in [6.07, 6.45) is 5.11. The number of alkyl halides is 1. The topological polar surface area (TPSA) is 18.5 Å². The van der Waals surface area contributed by atoms with E-state index in [-0.39, 0.29) is 0 Å². The van der Waals surface area contributed by atoms with Crippen LogP contribution in [0.3, 0.4) is 0 Å². The number of hydrogen-bond acceptors (Lipinski definition) is 2. The molecule has 0 spiro atoms. The highest BCUT2D eigenvalue weighted by atomic mass is 79.9. The van der Waals surface area contributed by atoms with Crippen molar-refractivity contribution in [2.45, 2.75) is 38.3 Å². The minimum absolute atomic E-state index is 1.11. The van der Waals surface area contributed by atoms with Gasteiger partial charge in [-0.25, -0.2) is 0 Å². The van der Waals surface area contributed by atoms with Crippen molar-refractivity contribution in [2.75, 3.05) is 19.5 Å². The number of hydrogen-bond donors (Lipinski definition) is 0. The first-order chi connectivity index (χ1) is 6.18. The van der Waals surface area contributed by atoms with Gasteiger partial charge < -0.3 is 8.85 Å². The van der Waals surface area contributed by atoms with Gasteiger partial charge in [-0.2, -0.15) is 0 Å². The molecule has 0 saturated heterocycles. The molecule has 0 aliphatic carbocycles. The smallest absolute Gasteiger partial charge is 0.334 e. The van der Waals surface area contributed by atoms with Crippen molar-refractivity contribution in [3.05, 3.63) is 0 Å². The Kier molecular flexibility index (Phi) is 8.35. The highest BCUT2D eigenvalue weighted by Crippen LogP contribution is 2.16. The highest BCUT2D eigenvalue weighted by molar-refractivity contribution is 9.09. The van der Waals surface area contributed by atoms with Crippen molar-refractivity contribution in [3.8, 4) is 0 Å². The van der Waals surface area contributed by atoms with Crippen molar-refractivity contribution < 1.29 is 8.85 Å². The third-order valence-electron chi connectivity index (χ3n) is 2.38. The second kappa shape index (κ2) is 7.97. The average Bonchev–Trinajstić information content (AvgIpc) is 2.17. The molecule has 0 N–H and O–H groups in total. The first kappa shape index (κ1) is 13.6. The number of halogens is 1. The van der Waals surface area contributed by atoms with Gasteiger partial charge in [0.1, 0.15) is 0 Å². The largest absolute Gasteiger partial charge is 0.398 e. The van der Waals surface area contributed by atoms with E-state index in [9.17, 15) is 0 Å². The van der Waals surface area contributed by atoms with Crippen LogP contribution in [-0.2, 0) is 8.85 Å². The average molecular weight is 269 g/mol. The van der Waals surface area contributed by atoms with Gasteiger partial charge in [0.05, 0.1) is 0 Å². The van der Waals surface area contributed by atoms with Crippen molar-refractivity contribution in [1.29, 1.82) is 0 Å². The molecule has 4 heteroatoms. The molecule has 0 bridgehead atoms. The van der Waals surface area contributed by atoms with Gasteiger partial charge in [-0.05, 0) is 19.0 Å². The maximum Gasteiger partial charge on any atom is 0.334 e. The molecule has 0 radical (unpaired) electrons. The molecule has 0 heterocycles. The van der Waals surface area contributed by atoms with Gasteiger partial charge in [0.25, 0.3) is 0 Å². The van der Waals surface area contributed by atoms with Crippen LogP contribution >= 0.6 is 15.9 Å². The molecular weight excluding hydrogens is 248 g/mol. The van der Waals surface area contributed by atoms with Gasteiger partial charge >= 0.3 is 8.56 Å². The van der Waals surface area contributed by atoms with E-state index in [1.807, 2.05) is 0 Å². The zero-order valence-corrected chi connectivity index (χ0v) is 11.5. The summed E-state index contributed by atoms with van der Waals surface area (Å²) < 4.78 is 10.8. The van der Waals surface area contributed by atoms with Crippen LogP contribution in [0.25, 0.3) is 0 Å². The Morgan fingerprint density at radius 1 is 1.00 bits per heavy atom.